The molecule has 30 heavy (non-hydrogen) atoms. The van der Waals surface area contributed by atoms with Crippen LogP contribution in [-0.2, 0) is 29.3 Å². The third kappa shape index (κ3) is 4.22. The van der Waals surface area contributed by atoms with E-state index in [1.165, 1.54) is 12.1 Å². The lowest BCUT2D eigenvalue weighted by molar-refractivity contribution is 0.0954. The first-order chi connectivity index (χ1) is 14.3. The molecule has 4 rings (SSSR count). The van der Waals surface area contributed by atoms with Gasteiger partial charge in [0.1, 0.15) is 0 Å². The molecule has 1 aliphatic carbocycles. The Morgan fingerprint density at radius 3 is 2.57 bits per heavy atom. The number of hydrogen-bond donors (Lipinski definition) is 2. The molecule has 0 aliphatic heterocycles. The molecule has 3 aromatic rings. The monoisotopic (exact) mass is 423 g/mol. The van der Waals surface area contributed by atoms with Gasteiger partial charge < -0.3 is 5.32 Å². The van der Waals surface area contributed by atoms with Crippen molar-refractivity contribution >= 4 is 26.8 Å². The number of carbonyl (C=O) groups excluding carboxylic acids is 1. The highest BCUT2D eigenvalue weighted by Gasteiger charge is 2.22. The Hall–Kier alpha value is -2.77. The van der Waals surface area contributed by atoms with E-state index in [1.807, 2.05) is 25.1 Å². The van der Waals surface area contributed by atoms with Crippen LogP contribution in [0.25, 0.3) is 10.9 Å². The van der Waals surface area contributed by atoms with E-state index >= 15 is 0 Å². The Morgan fingerprint density at radius 2 is 1.83 bits per heavy atom. The number of carbonyl (C=O) groups is 1. The number of nitrogens with zero attached hydrogens (tertiary/aromatic N) is 1. The molecule has 0 saturated heterocycles. The van der Waals surface area contributed by atoms with Crippen LogP contribution in [-0.4, -0.2) is 25.9 Å². The molecular formula is C23H25N3O3S. The number of aryl methyl sites for hydroxylation is 2. The summed E-state index contributed by atoms with van der Waals surface area (Å²) < 4.78 is 22.7. The molecule has 1 amide bonds. The number of pyridine rings is 1. The molecule has 1 heterocycles. The minimum atomic E-state index is -3.70. The first-order valence-corrected chi connectivity index (χ1v) is 11.7. The minimum Gasteiger partial charge on any atom is -0.352 e. The molecule has 0 spiro atoms. The average Bonchev–Trinajstić information content (AvgIpc) is 2.71. The van der Waals surface area contributed by atoms with Gasteiger partial charge in [-0.25, -0.2) is 13.6 Å². The fourth-order valence-corrected chi connectivity index (χ4v) is 4.57. The molecule has 0 fully saturated rings. The summed E-state index contributed by atoms with van der Waals surface area (Å²) in [5, 5.41) is 9.09. The molecule has 0 bridgehead atoms. The summed E-state index contributed by atoms with van der Waals surface area (Å²) >= 11 is 0. The summed E-state index contributed by atoms with van der Waals surface area (Å²) in [5.74, 6) is -0.0766. The topological polar surface area (TPSA) is 102 Å². The average molecular weight is 424 g/mol. The molecular weight excluding hydrogens is 398 g/mol. The van der Waals surface area contributed by atoms with Gasteiger partial charge in [0.2, 0.25) is 10.0 Å². The third-order valence-electron chi connectivity index (χ3n) is 5.60. The van der Waals surface area contributed by atoms with Gasteiger partial charge in [0.15, 0.2) is 0 Å². The fraction of sp³-hybridized carbons (Fsp3) is 0.304. The number of rotatable bonds is 5. The maximum atomic E-state index is 13.2. The number of nitrogens with one attached hydrogen (secondary N) is 1. The van der Waals surface area contributed by atoms with Gasteiger partial charge in [-0.1, -0.05) is 23.8 Å². The van der Waals surface area contributed by atoms with Crippen LogP contribution < -0.4 is 10.5 Å². The second-order valence-corrected chi connectivity index (χ2v) is 9.40. The van der Waals surface area contributed by atoms with Crippen molar-refractivity contribution < 1.29 is 13.2 Å². The Balaban J connectivity index is 1.55. The highest BCUT2D eigenvalue weighted by molar-refractivity contribution is 7.89. The molecule has 0 unspecified atom stereocenters. The molecule has 7 heteroatoms. The number of sulfonamides is 1. The zero-order valence-corrected chi connectivity index (χ0v) is 17.8. The number of fused-ring (bicyclic) bond motifs is 2. The van der Waals surface area contributed by atoms with Gasteiger partial charge in [-0.2, -0.15) is 0 Å². The number of primary sulfonamides is 1. The largest absolute Gasteiger partial charge is 0.352 e. The molecule has 0 saturated carbocycles. The lowest BCUT2D eigenvalue weighted by Gasteiger charge is -2.20. The first-order valence-electron chi connectivity index (χ1n) is 10.1. The summed E-state index contributed by atoms with van der Waals surface area (Å²) in [4.78, 5) is 18.1. The molecule has 0 radical (unpaired) electrons. The van der Waals surface area contributed by atoms with E-state index in [0.717, 1.165) is 64.5 Å². The molecule has 3 N–H and O–H groups in total. The summed E-state index contributed by atoms with van der Waals surface area (Å²) in [6.07, 6.45) is 4.57. The smallest absolute Gasteiger partial charge is 0.252 e. The number of nitrogens with two attached hydrogens (primary N) is 1. The second kappa shape index (κ2) is 8.16. The van der Waals surface area contributed by atoms with Crippen molar-refractivity contribution in [3.8, 4) is 0 Å². The number of hydrogen-bond acceptors (Lipinski definition) is 4. The Labute approximate surface area is 176 Å². The maximum Gasteiger partial charge on any atom is 0.252 e. The van der Waals surface area contributed by atoms with E-state index in [4.69, 9.17) is 10.1 Å². The molecule has 1 aromatic heterocycles. The predicted octanol–water partition coefficient (Wildman–Crippen LogP) is 3.04. The van der Waals surface area contributed by atoms with Gasteiger partial charge in [-0.3, -0.25) is 9.78 Å². The van der Waals surface area contributed by atoms with E-state index in [1.54, 1.807) is 12.1 Å². The van der Waals surface area contributed by atoms with Crippen LogP contribution in [0.15, 0.2) is 47.4 Å². The zero-order chi connectivity index (χ0) is 21.3. The van der Waals surface area contributed by atoms with E-state index < -0.39 is 10.0 Å². The maximum absolute atomic E-state index is 13.2. The predicted molar refractivity (Wildman–Crippen MR) is 117 cm³/mol. The van der Waals surface area contributed by atoms with Crippen LogP contribution in [0.2, 0.25) is 0 Å². The SMILES string of the molecule is Cc1ccc2nc3c(c(C(=O)NCCc4ccc(S(N)(=O)=O)cc4)c2c1)CCCC3. The zero-order valence-electron chi connectivity index (χ0n) is 16.9. The summed E-state index contributed by atoms with van der Waals surface area (Å²) in [6, 6.07) is 12.5. The molecule has 6 nitrogen and oxygen atoms in total. The molecule has 2 aromatic carbocycles. The van der Waals surface area contributed by atoms with Crippen molar-refractivity contribution in [2.75, 3.05) is 6.54 Å². The van der Waals surface area contributed by atoms with E-state index in [0.29, 0.717) is 13.0 Å². The van der Waals surface area contributed by atoms with E-state index in [-0.39, 0.29) is 10.8 Å². The summed E-state index contributed by atoms with van der Waals surface area (Å²) in [6.45, 7) is 2.48. The van der Waals surface area contributed by atoms with Gasteiger partial charge in [0.25, 0.3) is 5.91 Å². The number of aromatic nitrogens is 1. The number of amides is 1. The van der Waals surface area contributed by atoms with Crippen LogP contribution in [0, 0.1) is 6.92 Å². The van der Waals surface area contributed by atoms with Crippen molar-refractivity contribution in [1.29, 1.82) is 0 Å². The normalized spacial score (nSPS) is 13.8. The Morgan fingerprint density at radius 1 is 1.10 bits per heavy atom. The summed E-state index contributed by atoms with van der Waals surface area (Å²) in [7, 11) is -3.70. The van der Waals surface area contributed by atoms with Gasteiger partial charge in [-0.05, 0) is 74.4 Å². The highest BCUT2D eigenvalue weighted by Crippen LogP contribution is 2.29. The van der Waals surface area contributed by atoms with Crippen molar-refractivity contribution in [2.24, 2.45) is 5.14 Å². The fourth-order valence-electron chi connectivity index (χ4n) is 4.05. The van der Waals surface area contributed by atoms with Crippen LogP contribution in [0.5, 0.6) is 0 Å². The Kier molecular flexibility index (Phi) is 5.58. The van der Waals surface area contributed by atoms with Crippen LogP contribution in [0.3, 0.4) is 0 Å². The lowest BCUT2D eigenvalue weighted by Crippen LogP contribution is -2.28. The first kappa shape index (κ1) is 20.5. The van der Waals surface area contributed by atoms with Gasteiger partial charge in [-0.15, -0.1) is 0 Å². The van der Waals surface area contributed by atoms with Crippen molar-refractivity contribution in [3.63, 3.8) is 0 Å². The van der Waals surface area contributed by atoms with Crippen molar-refractivity contribution in [1.82, 2.24) is 10.3 Å². The van der Waals surface area contributed by atoms with Crippen LogP contribution in [0.4, 0.5) is 0 Å². The quantitative estimate of drug-likeness (QED) is 0.658. The molecule has 1 aliphatic rings. The number of benzene rings is 2. The van der Waals surface area contributed by atoms with Crippen molar-refractivity contribution in [3.05, 3.63) is 70.4 Å². The van der Waals surface area contributed by atoms with E-state index in [2.05, 4.69) is 5.32 Å². The van der Waals surface area contributed by atoms with Gasteiger partial charge >= 0.3 is 0 Å². The van der Waals surface area contributed by atoms with Gasteiger partial charge in [0.05, 0.1) is 16.0 Å². The Bertz CT molecular complexity index is 1220. The third-order valence-corrected chi connectivity index (χ3v) is 6.52. The standard InChI is InChI=1S/C23H25N3O3S/c1-15-6-11-21-19(14-15)22(18-4-2-3-5-20(18)26-21)23(27)25-13-12-16-7-9-17(10-8-16)30(24,28)29/h6-11,14H,2-5,12-13H2,1H3,(H,25,27)(H2,24,28,29). The minimum absolute atomic E-state index is 0.0766. The molecule has 156 valence electrons. The van der Waals surface area contributed by atoms with Crippen LogP contribution in [0.1, 0.15) is 45.6 Å². The van der Waals surface area contributed by atoms with E-state index in [9.17, 15) is 13.2 Å². The van der Waals surface area contributed by atoms with Gasteiger partial charge in [0, 0.05) is 17.6 Å². The highest BCUT2D eigenvalue weighted by atomic mass is 32.2. The van der Waals surface area contributed by atoms with Crippen LogP contribution >= 0.6 is 0 Å². The lowest BCUT2D eigenvalue weighted by atomic mass is 9.89. The van der Waals surface area contributed by atoms with Crippen molar-refractivity contribution in [2.45, 2.75) is 43.9 Å². The molecule has 0 atom stereocenters. The summed E-state index contributed by atoms with van der Waals surface area (Å²) in [5.41, 5.74) is 5.77. The second-order valence-electron chi connectivity index (χ2n) is 7.83.